The Hall–Kier alpha value is -4.33. The van der Waals surface area contributed by atoms with Gasteiger partial charge in [0.2, 0.25) is 5.91 Å². The third-order valence-electron chi connectivity index (χ3n) is 5.52. The number of rotatable bonds is 11. The summed E-state index contributed by atoms with van der Waals surface area (Å²) in [5.74, 6) is -0.565. The van der Waals surface area contributed by atoms with Gasteiger partial charge in [0.25, 0.3) is 0 Å². The van der Waals surface area contributed by atoms with Crippen molar-refractivity contribution in [3.05, 3.63) is 102 Å². The molecule has 0 heterocycles. The van der Waals surface area contributed by atoms with E-state index >= 15 is 0 Å². The molecule has 0 aliphatic carbocycles. The van der Waals surface area contributed by atoms with Gasteiger partial charge >= 0.3 is 12.1 Å². The van der Waals surface area contributed by atoms with E-state index in [1.165, 1.54) is 14.2 Å². The average molecular weight is 491 g/mol. The second-order valence-corrected chi connectivity index (χ2v) is 8.05. The van der Waals surface area contributed by atoms with Crippen LogP contribution in [0.4, 0.5) is 4.79 Å². The highest BCUT2D eigenvalue weighted by Crippen LogP contribution is 2.19. The van der Waals surface area contributed by atoms with Crippen LogP contribution in [0.1, 0.15) is 16.7 Å². The third-order valence-corrected chi connectivity index (χ3v) is 5.52. The molecule has 8 nitrogen and oxygen atoms in total. The first kappa shape index (κ1) is 26.3. The van der Waals surface area contributed by atoms with Gasteiger partial charge in [-0.15, -0.1) is 0 Å². The highest BCUT2D eigenvalue weighted by Gasteiger charge is 2.29. The van der Waals surface area contributed by atoms with E-state index in [2.05, 4.69) is 10.6 Å². The van der Waals surface area contributed by atoms with Crippen LogP contribution < -0.4 is 15.4 Å². The zero-order valence-electron chi connectivity index (χ0n) is 20.3. The van der Waals surface area contributed by atoms with E-state index in [1.807, 2.05) is 78.9 Å². The van der Waals surface area contributed by atoms with Crippen molar-refractivity contribution in [1.82, 2.24) is 10.6 Å². The molecule has 0 saturated carbocycles. The molecule has 2 N–H and O–H groups in total. The van der Waals surface area contributed by atoms with Gasteiger partial charge in [0.05, 0.1) is 14.2 Å². The van der Waals surface area contributed by atoms with Crippen molar-refractivity contribution in [3.63, 3.8) is 0 Å². The number of amides is 2. The number of carbonyl (C=O) groups is 3. The predicted molar refractivity (Wildman–Crippen MR) is 134 cm³/mol. The summed E-state index contributed by atoms with van der Waals surface area (Å²) in [6.45, 7) is 0.0605. The monoisotopic (exact) mass is 490 g/mol. The first-order valence-electron chi connectivity index (χ1n) is 11.5. The number of carbonyl (C=O) groups excluding carboxylic acids is 3. The van der Waals surface area contributed by atoms with Gasteiger partial charge in [0, 0.05) is 12.8 Å². The summed E-state index contributed by atoms with van der Waals surface area (Å²) in [5, 5.41) is 5.36. The summed E-state index contributed by atoms with van der Waals surface area (Å²) in [6.07, 6.45) is -0.386. The number of alkyl carbamates (subject to hydrolysis) is 1. The van der Waals surface area contributed by atoms with E-state index in [-0.39, 0.29) is 19.4 Å². The Morgan fingerprint density at radius 3 is 1.97 bits per heavy atom. The number of ether oxygens (including phenoxy) is 3. The van der Waals surface area contributed by atoms with Crippen LogP contribution in [0.3, 0.4) is 0 Å². The summed E-state index contributed by atoms with van der Waals surface area (Å²) in [5.41, 5.74) is 2.38. The fourth-order valence-electron chi connectivity index (χ4n) is 3.67. The molecule has 0 aromatic heterocycles. The lowest BCUT2D eigenvalue weighted by Crippen LogP contribution is -2.53. The molecule has 36 heavy (non-hydrogen) atoms. The summed E-state index contributed by atoms with van der Waals surface area (Å²) in [7, 11) is 2.79. The highest BCUT2D eigenvalue weighted by molar-refractivity contribution is 5.90. The topological polar surface area (TPSA) is 103 Å². The fourth-order valence-corrected chi connectivity index (χ4v) is 3.67. The smallest absolute Gasteiger partial charge is 0.408 e. The maximum Gasteiger partial charge on any atom is 0.408 e. The molecule has 0 bridgehead atoms. The molecule has 0 spiro atoms. The van der Waals surface area contributed by atoms with Gasteiger partial charge in [0.1, 0.15) is 24.4 Å². The first-order valence-corrected chi connectivity index (χ1v) is 11.5. The minimum atomic E-state index is -0.987. The van der Waals surface area contributed by atoms with Gasteiger partial charge in [-0.05, 0) is 22.8 Å². The number of hydrogen-bond acceptors (Lipinski definition) is 6. The van der Waals surface area contributed by atoms with Crippen LogP contribution in [0.25, 0.3) is 0 Å². The Bertz CT molecular complexity index is 1140. The lowest BCUT2D eigenvalue weighted by atomic mass is 10.0. The van der Waals surface area contributed by atoms with Crippen molar-refractivity contribution in [2.24, 2.45) is 0 Å². The molecule has 3 aromatic rings. The summed E-state index contributed by atoms with van der Waals surface area (Å²) in [4.78, 5) is 38.4. The number of hydrogen-bond donors (Lipinski definition) is 2. The quantitative estimate of drug-likeness (QED) is 0.399. The lowest BCUT2D eigenvalue weighted by molar-refractivity contribution is -0.145. The Labute approximate surface area is 210 Å². The van der Waals surface area contributed by atoms with Crippen molar-refractivity contribution in [2.75, 3.05) is 14.2 Å². The summed E-state index contributed by atoms with van der Waals surface area (Å²) in [6, 6.07) is 23.7. The molecule has 188 valence electrons. The van der Waals surface area contributed by atoms with E-state index in [9.17, 15) is 14.4 Å². The molecule has 0 fully saturated rings. The van der Waals surface area contributed by atoms with Gasteiger partial charge < -0.3 is 24.8 Å². The summed E-state index contributed by atoms with van der Waals surface area (Å²) < 4.78 is 15.6. The molecular formula is C28H30N2O6. The number of methoxy groups -OCH3 is 2. The van der Waals surface area contributed by atoms with Crippen LogP contribution in [0.5, 0.6) is 5.75 Å². The Balaban J connectivity index is 1.74. The fraction of sp³-hybridized carbons (Fsp3) is 0.250. The van der Waals surface area contributed by atoms with Crippen molar-refractivity contribution < 1.29 is 28.6 Å². The van der Waals surface area contributed by atoms with E-state index in [0.717, 1.165) is 16.7 Å². The molecule has 0 saturated heterocycles. The van der Waals surface area contributed by atoms with Crippen LogP contribution in [-0.4, -0.2) is 44.3 Å². The maximum atomic E-state index is 13.3. The minimum Gasteiger partial charge on any atom is -0.496 e. The van der Waals surface area contributed by atoms with Gasteiger partial charge in [-0.2, -0.15) is 0 Å². The second kappa shape index (κ2) is 13.5. The SMILES string of the molecule is COC(=O)[C@@H](Cc1ccccc1OC)NC(=O)[C@H](Cc1ccccc1)NC(=O)OCc1ccccc1. The second-order valence-electron chi connectivity index (χ2n) is 8.05. The van der Waals surface area contributed by atoms with Crippen LogP contribution in [0.15, 0.2) is 84.9 Å². The van der Waals surface area contributed by atoms with Gasteiger partial charge in [0.15, 0.2) is 0 Å². The molecule has 0 radical (unpaired) electrons. The van der Waals surface area contributed by atoms with Crippen LogP contribution in [0, 0.1) is 0 Å². The van der Waals surface area contributed by atoms with Gasteiger partial charge in [-0.1, -0.05) is 78.9 Å². The molecule has 8 heteroatoms. The molecule has 0 aliphatic rings. The molecule has 3 aromatic carbocycles. The number of para-hydroxylation sites is 1. The average Bonchev–Trinajstić information content (AvgIpc) is 2.92. The Kier molecular flexibility index (Phi) is 9.88. The van der Waals surface area contributed by atoms with E-state index in [1.54, 1.807) is 6.07 Å². The third kappa shape index (κ3) is 7.87. The molecular weight excluding hydrogens is 460 g/mol. The van der Waals surface area contributed by atoms with Crippen molar-refractivity contribution in [1.29, 1.82) is 0 Å². The molecule has 0 unspecified atom stereocenters. The highest BCUT2D eigenvalue weighted by atomic mass is 16.5. The van der Waals surface area contributed by atoms with E-state index < -0.39 is 30.1 Å². The van der Waals surface area contributed by atoms with Crippen molar-refractivity contribution in [3.8, 4) is 5.75 Å². The van der Waals surface area contributed by atoms with Gasteiger partial charge in [-0.3, -0.25) is 4.79 Å². The Morgan fingerprint density at radius 1 is 0.722 bits per heavy atom. The van der Waals surface area contributed by atoms with Crippen LogP contribution in [-0.2, 0) is 38.5 Å². The lowest BCUT2D eigenvalue weighted by Gasteiger charge is -2.23. The Morgan fingerprint density at radius 2 is 1.33 bits per heavy atom. The number of nitrogens with one attached hydrogen (secondary N) is 2. The zero-order valence-corrected chi connectivity index (χ0v) is 20.3. The van der Waals surface area contributed by atoms with Crippen LogP contribution in [0.2, 0.25) is 0 Å². The zero-order chi connectivity index (χ0) is 25.8. The minimum absolute atomic E-state index is 0.0605. The van der Waals surface area contributed by atoms with Crippen LogP contribution >= 0.6 is 0 Å². The van der Waals surface area contributed by atoms with Gasteiger partial charge in [-0.25, -0.2) is 9.59 Å². The van der Waals surface area contributed by atoms with E-state index in [4.69, 9.17) is 14.2 Å². The number of benzene rings is 3. The molecule has 0 aliphatic heterocycles. The molecule has 3 rings (SSSR count). The first-order chi connectivity index (χ1) is 17.5. The van der Waals surface area contributed by atoms with E-state index in [0.29, 0.717) is 5.75 Å². The normalized spacial score (nSPS) is 12.1. The largest absolute Gasteiger partial charge is 0.496 e. The maximum absolute atomic E-state index is 13.3. The standard InChI is InChI=1S/C28H30N2O6/c1-34-25-16-10-9-15-22(25)18-24(27(32)35-2)29-26(31)23(17-20-11-5-3-6-12-20)30-28(33)36-19-21-13-7-4-8-14-21/h3-16,23-24H,17-19H2,1-2H3,(H,29,31)(H,30,33)/t23-,24+/m0/s1. The van der Waals surface area contributed by atoms with Crippen molar-refractivity contribution >= 4 is 18.0 Å². The number of esters is 1. The molecule has 2 amide bonds. The molecule has 2 atom stereocenters. The predicted octanol–water partition coefficient (Wildman–Crippen LogP) is 3.43. The summed E-state index contributed by atoms with van der Waals surface area (Å²) >= 11 is 0. The van der Waals surface area contributed by atoms with Crippen molar-refractivity contribution in [2.45, 2.75) is 31.5 Å².